The molecule has 19 heavy (non-hydrogen) atoms. The number of hydrogen-bond donors (Lipinski definition) is 1. The first-order valence-electron chi connectivity index (χ1n) is 8.67. The lowest BCUT2D eigenvalue weighted by Gasteiger charge is -2.33. The normalized spacial score (nSPS) is 25.4. The van der Waals surface area contributed by atoms with E-state index in [0.717, 1.165) is 24.7 Å². The van der Waals surface area contributed by atoms with E-state index in [1.807, 2.05) is 13.8 Å². The summed E-state index contributed by atoms with van der Waals surface area (Å²) in [7, 11) is 0. The van der Waals surface area contributed by atoms with Crippen LogP contribution in [-0.2, 0) is 0 Å². The first-order chi connectivity index (χ1) is 8.99. The van der Waals surface area contributed by atoms with E-state index in [2.05, 4.69) is 27.7 Å². The van der Waals surface area contributed by atoms with Crippen molar-refractivity contribution in [3.05, 3.63) is 0 Å². The molecule has 0 aromatic heterocycles. The first kappa shape index (κ1) is 19.0. The van der Waals surface area contributed by atoms with Crippen LogP contribution < -0.4 is 0 Å². The van der Waals surface area contributed by atoms with Crippen molar-refractivity contribution in [2.24, 2.45) is 17.3 Å². The zero-order valence-corrected chi connectivity index (χ0v) is 14.3. The van der Waals surface area contributed by atoms with Gasteiger partial charge in [0.1, 0.15) is 0 Å². The molecule has 0 radical (unpaired) electrons. The predicted molar refractivity (Wildman–Crippen MR) is 86.4 cm³/mol. The summed E-state index contributed by atoms with van der Waals surface area (Å²) < 4.78 is 0. The topological polar surface area (TPSA) is 20.2 Å². The quantitative estimate of drug-likeness (QED) is 0.646. The van der Waals surface area contributed by atoms with Crippen LogP contribution in [0.25, 0.3) is 0 Å². The minimum absolute atomic E-state index is 0.00175. The molecule has 0 heterocycles. The van der Waals surface area contributed by atoms with Crippen LogP contribution in [0.3, 0.4) is 0 Å². The molecular weight excluding hydrogens is 232 g/mol. The van der Waals surface area contributed by atoms with Gasteiger partial charge in [0, 0.05) is 0 Å². The molecule has 1 nitrogen and oxygen atoms in total. The Morgan fingerprint density at radius 1 is 1.05 bits per heavy atom. The largest absolute Gasteiger partial charge is 0.393 e. The lowest BCUT2D eigenvalue weighted by atomic mass is 9.73. The van der Waals surface area contributed by atoms with Crippen LogP contribution in [0.5, 0.6) is 0 Å². The highest BCUT2D eigenvalue weighted by molar-refractivity contribution is 4.78. The van der Waals surface area contributed by atoms with Crippen LogP contribution in [0.4, 0.5) is 0 Å². The third kappa shape index (κ3) is 7.34. The van der Waals surface area contributed by atoms with Gasteiger partial charge in [-0.1, -0.05) is 54.4 Å². The molecule has 1 aliphatic carbocycles. The first-order valence-corrected chi connectivity index (χ1v) is 8.67. The van der Waals surface area contributed by atoms with Gasteiger partial charge >= 0.3 is 0 Å². The van der Waals surface area contributed by atoms with Crippen LogP contribution in [0.1, 0.15) is 92.9 Å². The summed E-state index contributed by atoms with van der Waals surface area (Å²) in [6, 6.07) is 0. The molecule has 0 bridgehead atoms. The molecule has 1 rings (SSSR count). The molecule has 1 fully saturated rings. The monoisotopic (exact) mass is 270 g/mol. The number of rotatable bonds is 6. The molecule has 1 N–H and O–H groups in total. The van der Waals surface area contributed by atoms with E-state index in [-0.39, 0.29) is 6.10 Å². The van der Waals surface area contributed by atoms with Crippen LogP contribution in [-0.4, -0.2) is 11.2 Å². The van der Waals surface area contributed by atoms with Crippen LogP contribution in [0, 0.1) is 17.3 Å². The van der Waals surface area contributed by atoms with Gasteiger partial charge in [0.25, 0.3) is 0 Å². The summed E-state index contributed by atoms with van der Waals surface area (Å²) in [4.78, 5) is 0. The summed E-state index contributed by atoms with van der Waals surface area (Å²) in [5, 5.41) is 9.52. The van der Waals surface area contributed by atoms with Crippen molar-refractivity contribution >= 4 is 0 Å². The third-order valence-corrected chi connectivity index (χ3v) is 5.10. The summed E-state index contributed by atoms with van der Waals surface area (Å²) >= 11 is 0. The Labute approximate surface area is 122 Å². The number of hydrogen-bond acceptors (Lipinski definition) is 1. The van der Waals surface area contributed by atoms with Gasteiger partial charge in [-0.3, -0.25) is 0 Å². The minimum atomic E-state index is -0.00175. The lowest BCUT2D eigenvalue weighted by molar-refractivity contribution is 0.0975. The predicted octanol–water partition coefficient (Wildman–Crippen LogP) is 5.81. The maximum atomic E-state index is 9.52. The summed E-state index contributed by atoms with van der Waals surface area (Å²) in [5.41, 5.74) is 0.549. The highest BCUT2D eigenvalue weighted by Crippen LogP contribution is 2.37. The molecule has 1 heteroatoms. The number of aliphatic hydroxyl groups is 1. The summed E-state index contributed by atoms with van der Waals surface area (Å²) in [6.45, 7) is 13.5. The molecule has 0 amide bonds. The van der Waals surface area contributed by atoms with Gasteiger partial charge in [-0.05, 0) is 55.8 Å². The van der Waals surface area contributed by atoms with E-state index in [1.54, 1.807) is 0 Å². The molecular formula is C18H38O. The maximum absolute atomic E-state index is 9.52. The van der Waals surface area contributed by atoms with E-state index in [4.69, 9.17) is 0 Å². The van der Waals surface area contributed by atoms with E-state index in [9.17, 15) is 5.11 Å². The molecule has 1 aliphatic rings. The second kappa shape index (κ2) is 9.80. The second-order valence-corrected chi connectivity index (χ2v) is 6.74. The summed E-state index contributed by atoms with van der Waals surface area (Å²) in [5.74, 6) is 1.73. The Kier molecular flexibility index (Phi) is 9.78. The molecule has 0 spiro atoms. The molecule has 0 saturated heterocycles. The van der Waals surface area contributed by atoms with Crippen molar-refractivity contribution in [2.45, 2.75) is 99.0 Å². The lowest BCUT2D eigenvalue weighted by Crippen LogP contribution is -2.22. The highest BCUT2D eigenvalue weighted by atomic mass is 16.3. The van der Waals surface area contributed by atoms with Gasteiger partial charge in [0.2, 0.25) is 0 Å². The van der Waals surface area contributed by atoms with E-state index >= 15 is 0 Å². The minimum Gasteiger partial charge on any atom is -0.393 e. The Balaban J connectivity index is 0.00000154. The Bertz CT molecular complexity index is 200. The van der Waals surface area contributed by atoms with Crippen LogP contribution in [0.2, 0.25) is 0 Å². The Hall–Kier alpha value is -0.0400. The molecule has 1 saturated carbocycles. The smallest absolute Gasteiger partial charge is 0.0540 e. The molecule has 1 atom stereocenters. The van der Waals surface area contributed by atoms with Gasteiger partial charge in [-0.25, -0.2) is 0 Å². The van der Waals surface area contributed by atoms with Crippen molar-refractivity contribution in [3.8, 4) is 0 Å². The van der Waals surface area contributed by atoms with E-state index < -0.39 is 0 Å². The van der Waals surface area contributed by atoms with Gasteiger partial charge in [-0.15, -0.1) is 0 Å². The van der Waals surface area contributed by atoms with Crippen LogP contribution >= 0.6 is 0 Å². The summed E-state index contributed by atoms with van der Waals surface area (Å²) in [6.07, 6.45) is 9.93. The maximum Gasteiger partial charge on any atom is 0.0540 e. The van der Waals surface area contributed by atoms with Crippen molar-refractivity contribution in [2.75, 3.05) is 0 Å². The fourth-order valence-electron chi connectivity index (χ4n) is 3.41. The molecule has 116 valence electrons. The average molecular weight is 271 g/mol. The van der Waals surface area contributed by atoms with Crippen LogP contribution in [0.15, 0.2) is 0 Å². The number of aliphatic hydroxyl groups excluding tert-OH is 1. The standard InChI is InChI=1S/C16H32O.C2H6/c1-5-16(4,6-2)12-13(3)11-14-7-9-15(17)10-8-14;1-2/h13-15,17H,5-12H2,1-4H3;1-2H3. The zero-order chi connectivity index (χ0) is 14.9. The SMILES string of the molecule is CC.CCC(C)(CC)CC(C)CC1CCC(O)CC1. The molecule has 1 unspecified atom stereocenters. The third-order valence-electron chi connectivity index (χ3n) is 5.10. The van der Waals surface area contributed by atoms with E-state index in [1.165, 1.54) is 38.5 Å². The second-order valence-electron chi connectivity index (χ2n) is 6.74. The van der Waals surface area contributed by atoms with Crippen molar-refractivity contribution in [1.29, 1.82) is 0 Å². The zero-order valence-electron chi connectivity index (χ0n) is 14.3. The highest BCUT2D eigenvalue weighted by Gasteiger charge is 2.26. The Morgan fingerprint density at radius 3 is 1.95 bits per heavy atom. The fraction of sp³-hybridized carbons (Fsp3) is 1.00. The average Bonchev–Trinajstić information content (AvgIpc) is 2.43. The van der Waals surface area contributed by atoms with Gasteiger partial charge in [-0.2, -0.15) is 0 Å². The molecule has 0 aliphatic heterocycles. The van der Waals surface area contributed by atoms with E-state index in [0.29, 0.717) is 5.41 Å². The van der Waals surface area contributed by atoms with Crippen molar-refractivity contribution in [3.63, 3.8) is 0 Å². The Morgan fingerprint density at radius 2 is 1.53 bits per heavy atom. The molecule has 0 aromatic rings. The van der Waals surface area contributed by atoms with Gasteiger partial charge < -0.3 is 5.11 Å². The fourth-order valence-corrected chi connectivity index (χ4v) is 3.41. The molecule has 0 aromatic carbocycles. The van der Waals surface area contributed by atoms with Gasteiger partial charge in [0.15, 0.2) is 0 Å². The van der Waals surface area contributed by atoms with Crippen molar-refractivity contribution in [1.82, 2.24) is 0 Å². The van der Waals surface area contributed by atoms with Gasteiger partial charge in [0.05, 0.1) is 6.10 Å². The van der Waals surface area contributed by atoms with Crippen molar-refractivity contribution < 1.29 is 5.11 Å².